The van der Waals surface area contributed by atoms with Crippen LogP contribution in [0.2, 0.25) is 0 Å². The smallest absolute Gasteiger partial charge is 0.244 e. The number of pyridine rings is 1. The first kappa shape index (κ1) is 21.3. The highest BCUT2D eigenvalue weighted by Gasteiger charge is 2.26. The summed E-state index contributed by atoms with van der Waals surface area (Å²) in [7, 11) is -3.56. The van der Waals surface area contributed by atoms with E-state index in [1.165, 1.54) is 28.3 Å². The topological polar surface area (TPSA) is 112 Å². The van der Waals surface area contributed by atoms with Crippen molar-refractivity contribution in [2.75, 3.05) is 37.4 Å². The van der Waals surface area contributed by atoms with Gasteiger partial charge in [-0.15, -0.1) is 11.8 Å². The summed E-state index contributed by atoms with van der Waals surface area (Å²) >= 11 is 1.36. The van der Waals surface area contributed by atoms with Crippen molar-refractivity contribution in [1.29, 1.82) is 5.26 Å². The van der Waals surface area contributed by atoms with Crippen LogP contribution in [0.3, 0.4) is 0 Å². The largest absolute Gasteiger partial charge is 0.379 e. The molecule has 0 unspecified atom stereocenters. The Balaban J connectivity index is 1.51. The Hall–Kier alpha value is -2.45. The Morgan fingerprint density at radius 2 is 2.00 bits per heavy atom. The van der Waals surface area contributed by atoms with Crippen molar-refractivity contribution in [1.82, 2.24) is 9.29 Å². The van der Waals surface area contributed by atoms with Gasteiger partial charge in [0.25, 0.3) is 0 Å². The average molecular weight is 433 g/mol. The third-order valence-corrected chi connectivity index (χ3v) is 7.05. The number of aromatic nitrogens is 1. The number of anilines is 1. The van der Waals surface area contributed by atoms with Crippen molar-refractivity contribution < 1.29 is 17.9 Å². The molecule has 1 aliphatic rings. The summed E-state index contributed by atoms with van der Waals surface area (Å²) in [5.41, 5.74) is 0.896. The van der Waals surface area contributed by atoms with Gasteiger partial charge in [0.05, 0.1) is 29.5 Å². The van der Waals surface area contributed by atoms with E-state index >= 15 is 0 Å². The Kier molecular flexibility index (Phi) is 7.22. The number of ether oxygens (including phenoxy) is 1. The van der Waals surface area contributed by atoms with E-state index in [0.29, 0.717) is 48.3 Å². The van der Waals surface area contributed by atoms with Crippen LogP contribution in [-0.2, 0) is 19.6 Å². The maximum atomic E-state index is 12.6. The Bertz CT molecular complexity index is 998. The monoisotopic (exact) mass is 432 g/mol. The molecule has 3 rings (SSSR count). The van der Waals surface area contributed by atoms with Gasteiger partial charge in [-0.25, -0.2) is 13.4 Å². The van der Waals surface area contributed by atoms with E-state index in [-0.39, 0.29) is 17.2 Å². The zero-order chi connectivity index (χ0) is 20.7. The molecular formula is C19H20N4O4S2. The number of para-hydroxylation sites is 1. The predicted octanol–water partition coefficient (Wildman–Crippen LogP) is 2.10. The summed E-state index contributed by atoms with van der Waals surface area (Å²) in [6, 6.07) is 12.0. The number of thioether (sulfide) groups is 1. The first-order valence-electron chi connectivity index (χ1n) is 8.96. The molecule has 0 bridgehead atoms. The lowest BCUT2D eigenvalue weighted by Crippen LogP contribution is -2.40. The van der Waals surface area contributed by atoms with Crippen LogP contribution in [0.5, 0.6) is 0 Å². The summed E-state index contributed by atoms with van der Waals surface area (Å²) in [6.07, 6.45) is 1.58. The van der Waals surface area contributed by atoms with Gasteiger partial charge in [-0.2, -0.15) is 9.57 Å². The lowest BCUT2D eigenvalue weighted by molar-refractivity contribution is -0.115. The van der Waals surface area contributed by atoms with Crippen LogP contribution in [0.25, 0.3) is 0 Å². The zero-order valence-electron chi connectivity index (χ0n) is 15.6. The van der Waals surface area contributed by atoms with Crippen molar-refractivity contribution >= 4 is 33.4 Å². The minimum Gasteiger partial charge on any atom is -0.379 e. The van der Waals surface area contributed by atoms with E-state index in [4.69, 9.17) is 10.00 Å². The highest BCUT2D eigenvalue weighted by atomic mass is 32.2. The zero-order valence-corrected chi connectivity index (χ0v) is 17.2. The van der Waals surface area contributed by atoms with Crippen LogP contribution in [0, 0.1) is 11.3 Å². The van der Waals surface area contributed by atoms with Gasteiger partial charge in [-0.05, 0) is 24.3 Å². The second-order valence-corrected chi connectivity index (χ2v) is 9.21. The van der Waals surface area contributed by atoms with Gasteiger partial charge in [0.1, 0.15) is 11.0 Å². The van der Waals surface area contributed by atoms with E-state index in [1.54, 1.807) is 30.3 Å². The van der Waals surface area contributed by atoms with Crippen molar-refractivity contribution in [3.8, 4) is 6.07 Å². The Morgan fingerprint density at radius 3 is 2.69 bits per heavy atom. The molecule has 0 saturated carbocycles. The normalized spacial score (nSPS) is 14.9. The second-order valence-electron chi connectivity index (χ2n) is 6.15. The summed E-state index contributed by atoms with van der Waals surface area (Å²) < 4.78 is 31.7. The molecule has 1 fully saturated rings. The van der Waals surface area contributed by atoms with Gasteiger partial charge in [0, 0.05) is 31.5 Å². The number of nitrogens with zero attached hydrogens (tertiary/aromatic N) is 3. The molecule has 0 atom stereocenters. The number of carbonyl (C=O) groups is 1. The maximum absolute atomic E-state index is 12.6. The van der Waals surface area contributed by atoms with Crippen LogP contribution < -0.4 is 5.32 Å². The molecule has 1 aromatic carbocycles. The Morgan fingerprint density at radius 1 is 1.24 bits per heavy atom. The summed E-state index contributed by atoms with van der Waals surface area (Å²) in [6.45, 7) is 1.45. The summed E-state index contributed by atoms with van der Waals surface area (Å²) in [5, 5.41) is 12.4. The molecule has 1 saturated heterocycles. The molecule has 0 radical (unpaired) electrons. The average Bonchev–Trinajstić information content (AvgIpc) is 2.75. The van der Waals surface area contributed by atoms with Crippen LogP contribution in [0.1, 0.15) is 12.0 Å². The third-order valence-electron chi connectivity index (χ3n) is 4.22. The molecule has 2 heterocycles. The van der Waals surface area contributed by atoms with E-state index in [0.717, 1.165) is 0 Å². The minimum atomic E-state index is -3.56. The standard InChI is InChI=1S/C19H20N4O4S2/c20-13-15-3-1-2-4-17(15)22-18(24)7-12-28-19-6-5-16(14-21-19)29(25,26)23-8-10-27-11-9-23/h1-6,14H,7-12H2,(H,22,24). The van der Waals surface area contributed by atoms with Gasteiger partial charge >= 0.3 is 0 Å². The van der Waals surface area contributed by atoms with Crippen LogP contribution in [0.15, 0.2) is 52.5 Å². The van der Waals surface area contributed by atoms with E-state index in [2.05, 4.69) is 10.3 Å². The van der Waals surface area contributed by atoms with Gasteiger partial charge in [-0.1, -0.05) is 12.1 Å². The van der Waals surface area contributed by atoms with Gasteiger partial charge in [-0.3, -0.25) is 4.79 Å². The minimum absolute atomic E-state index is 0.148. The molecule has 2 aromatic rings. The first-order valence-corrected chi connectivity index (χ1v) is 11.4. The number of nitriles is 1. The highest BCUT2D eigenvalue weighted by molar-refractivity contribution is 7.99. The van der Waals surface area contributed by atoms with Crippen LogP contribution >= 0.6 is 11.8 Å². The predicted molar refractivity (Wildman–Crippen MR) is 109 cm³/mol. The van der Waals surface area contributed by atoms with Crippen molar-refractivity contribution in [2.45, 2.75) is 16.3 Å². The molecule has 10 heteroatoms. The molecule has 1 N–H and O–H groups in total. The first-order chi connectivity index (χ1) is 14.0. The third kappa shape index (κ3) is 5.55. The number of hydrogen-bond acceptors (Lipinski definition) is 7. The SMILES string of the molecule is N#Cc1ccccc1NC(=O)CCSc1ccc(S(=O)(=O)N2CCOCC2)cn1. The number of benzene rings is 1. The Labute approximate surface area is 173 Å². The number of amides is 1. The summed E-state index contributed by atoms with van der Waals surface area (Å²) in [4.78, 5) is 16.4. The van der Waals surface area contributed by atoms with Gasteiger partial charge in [0.15, 0.2) is 0 Å². The molecule has 1 amide bonds. The van der Waals surface area contributed by atoms with Crippen molar-refractivity contribution in [3.05, 3.63) is 48.2 Å². The molecule has 1 aromatic heterocycles. The molecule has 152 valence electrons. The molecule has 29 heavy (non-hydrogen) atoms. The number of carbonyl (C=O) groups excluding carboxylic acids is 1. The molecule has 1 aliphatic heterocycles. The second kappa shape index (κ2) is 9.84. The molecule has 0 aliphatic carbocycles. The fourth-order valence-corrected chi connectivity index (χ4v) is 4.83. The van der Waals surface area contributed by atoms with Gasteiger partial charge in [0.2, 0.25) is 15.9 Å². The summed E-state index contributed by atoms with van der Waals surface area (Å²) in [5.74, 6) is 0.273. The molecular weight excluding hydrogens is 412 g/mol. The fraction of sp³-hybridized carbons (Fsp3) is 0.316. The maximum Gasteiger partial charge on any atom is 0.244 e. The van der Waals surface area contributed by atoms with Crippen LogP contribution in [0.4, 0.5) is 5.69 Å². The van der Waals surface area contributed by atoms with Crippen molar-refractivity contribution in [3.63, 3.8) is 0 Å². The quantitative estimate of drug-likeness (QED) is 0.667. The highest BCUT2D eigenvalue weighted by Crippen LogP contribution is 2.21. The lowest BCUT2D eigenvalue weighted by atomic mass is 10.2. The fourth-order valence-electron chi connectivity index (χ4n) is 2.69. The van der Waals surface area contributed by atoms with Crippen molar-refractivity contribution in [2.24, 2.45) is 0 Å². The lowest BCUT2D eigenvalue weighted by Gasteiger charge is -2.25. The van der Waals surface area contributed by atoms with Crippen LogP contribution in [-0.4, -0.2) is 55.7 Å². The number of sulfonamides is 1. The van der Waals surface area contributed by atoms with E-state index in [1.807, 2.05) is 6.07 Å². The van der Waals surface area contributed by atoms with E-state index in [9.17, 15) is 13.2 Å². The number of rotatable bonds is 7. The van der Waals surface area contributed by atoms with Gasteiger partial charge < -0.3 is 10.1 Å². The number of hydrogen-bond donors (Lipinski definition) is 1. The number of nitrogens with one attached hydrogen (secondary N) is 1. The van der Waals surface area contributed by atoms with E-state index < -0.39 is 10.0 Å². The molecule has 0 spiro atoms. The number of morpholine rings is 1. The molecule has 8 nitrogen and oxygen atoms in total.